The molecular formula is C19H19N3O2S2. The summed E-state index contributed by atoms with van der Waals surface area (Å²) >= 11 is 3.06. The number of anilines is 1. The molecule has 1 amide bonds. The Morgan fingerprint density at radius 3 is 2.92 bits per heavy atom. The molecule has 1 aliphatic heterocycles. The molecule has 7 heteroatoms. The zero-order chi connectivity index (χ0) is 18.1. The lowest BCUT2D eigenvalue weighted by Crippen LogP contribution is -2.37. The molecule has 1 saturated heterocycles. The molecule has 4 rings (SSSR count). The average molecular weight is 386 g/mol. The number of benzene rings is 1. The summed E-state index contributed by atoms with van der Waals surface area (Å²) in [6.07, 6.45) is 1.81. The van der Waals surface area contributed by atoms with Gasteiger partial charge < -0.3 is 15.7 Å². The van der Waals surface area contributed by atoms with Gasteiger partial charge in [0.05, 0.1) is 23.2 Å². The van der Waals surface area contributed by atoms with E-state index in [1.165, 1.54) is 11.3 Å². The maximum absolute atomic E-state index is 12.8. The Morgan fingerprint density at radius 1 is 1.31 bits per heavy atom. The van der Waals surface area contributed by atoms with Gasteiger partial charge in [0.15, 0.2) is 5.13 Å². The zero-order valence-corrected chi connectivity index (χ0v) is 15.7. The van der Waals surface area contributed by atoms with Crippen LogP contribution in [-0.4, -0.2) is 40.1 Å². The molecule has 0 radical (unpaired) electrons. The highest BCUT2D eigenvalue weighted by molar-refractivity contribution is 7.19. The first-order chi connectivity index (χ1) is 12.7. The number of aliphatic hydroxyl groups is 1. The number of amides is 1. The summed E-state index contributed by atoms with van der Waals surface area (Å²) in [7, 11) is 0. The van der Waals surface area contributed by atoms with Crippen molar-refractivity contribution in [1.29, 1.82) is 0 Å². The number of nitrogen functional groups attached to an aromatic ring is 1. The van der Waals surface area contributed by atoms with Crippen LogP contribution in [-0.2, 0) is 0 Å². The number of nitrogens with two attached hydrogens (primary N) is 1. The van der Waals surface area contributed by atoms with E-state index in [1.807, 2.05) is 41.8 Å². The van der Waals surface area contributed by atoms with Crippen molar-refractivity contribution in [2.24, 2.45) is 0 Å². The molecule has 1 aromatic carbocycles. The third-order valence-electron chi connectivity index (χ3n) is 4.62. The normalized spacial score (nSPS) is 17.0. The number of likely N-dealkylation sites (tertiary alicyclic amines) is 1. The monoisotopic (exact) mass is 385 g/mol. The maximum atomic E-state index is 12.8. The van der Waals surface area contributed by atoms with Gasteiger partial charge in [0, 0.05) is 22.4 Å². The van der Waals surface area contributed by atoms with Crippen LogP contribution >= 0.6 is 22.7 Å². The van der Waals surface area contributed by atoms with Crippen LogP contribution in [0.2, 0.25) is 0 Å². The minimum Gasteiger partial charge on any atom is -0.394 e. The number of nitrogens with zero attached hydrogens (tertiary/aromatic N) is 2. The van der Waals surface area contributed by atoms with E-state index in [9.17, 15) is 9.90 Å². The molecule has 0 aliphatic carbocycles. The first-order valence-corrected chi connectivity index (χ1v) is 10.2. The Balaban J connectivity index is 1.60. The van der Waals surface area contributed by atoms with Gasteiger partial charge in [-0.05, 0) is 42.7 Å². The van der Waals surface area contributed by atoms with Crippen LogP contribution in [0, 0.1) is 0 Å². The van der Waals surface area contributed by atoms with Crippen molar-refractivity contribution in [3.8, 4) is 21.0 Å². The van der Waals surface area contributed by atoms with E-state index in [1.54, 1.807) is 16.2 Å². The standard InChI is InChI=1S/C19H19N3O2S2/c20-19-21-15(11-25-19)17-7-6-16(26-17)12-3-1-4-13(9-12)18(24)22-8-2-5-14(22)10-23/h1,3-4,6-7,9,11,14,23H,2,5,8,10H2,(H2,20,21)/t14-/m0/s1. The number of aliphatic hydroxyl groups excluding tert-OH is 1. The molecule has 2 aromatic heterocycles. The highest BCUT2D eigenvalue weighted by Crippen LogP contribution is 2.35. The Bertz CT molecular complexity index is 934. The van der Waals surface area contributed by atoms with E-state index in [2.05, 4.69) is 4.98 Å². The zero-order valence-electron chi connectivity index (χ0n) is 14.1. The molecule has 26 heavy (non-hydrogen) atoms. The summed E-state index contributed by atoms with van der Waals surface area (Å²) in [6.45, 7) is 0.735. The summed E-state index contributed by atoms with van der Waals surface area (Å²) in [5, 5.41) is 12.0. The highest BCUT2D eigenvalue weighted by Gasteiger charge is 2.28. The second kappa shape index (κ2) is 7.19. The Labute approximate surface area is 159 Å². The molecular weight excluding hydrogens is 366 g/mol. The first-order valence-electron chi connectivity index (χ1n) is 8.49. The van der Waals surface area contributed by atoms with Crippen molar-refractivity contribution < 1.29 is 9.90 Å². The molecule has 134 valence electrons. The van der Waals surface area contributed by atoms with Crippen LogP contribution in [0.25, 0.3) is 21.0 Å². The molecule has 0 spiro atoms. The Hall–Kier alpha value is -2.22. The van der Waals surface area contributed by atoms with Crippen LogP contribution in [0.3, 0.4) is 0 Å². The van der Waals surface area contributed by atoms with Gasteiger partial charge in [0.25, 0.3) is 5.91 Å². The lowest BCUT2D eigenvalue weighted by Gasteiger charge is -2.23. The molecule has 1 atom stereocenters. The number of thiophene rings is 1. The number of rotatable bonds is 4. The fourth-order valence-electron chi connectivity index (χ4n) is 3.30. The van der Waals surface area contributed by atoms with E-state index in [-0.39, 0.29) is 18.6 Å². The summed E-state index contributed by atoms with van der Waals surface area (Å²) in [6, 6.07) is 11.7. The lowest BCUT2D eigenvalue weighted by atomic mass is 10.1. The maximum Gasteiger partial charge on any atom is 0.254 e. The van der Waals surface area contributed by atoms with Gasteiger partial charge in [-0.2, -0.15) is 0 Å². The minimum absolute atomic E-state index is 0.00699. The smallest absolute Gasteiger partial charge is 0.254 e. The van der Waals surface area contributed by atoms with Gasteiger partial charge in [0.2, 0.25) is 0 Å². The highest BCUT2D eigenvalue weighted by atomic mass is 32.1. The third-order valence-corrected chi connectivity index (χ3v) is 6.45. The molecule has 0 saturated carbocycles. The predicted molar refractivity (Wildman–Crippen MR) is 106 cm³/mol. The molecule has 0 unspecified atom stereocenters. The van der Waals surface area contributed by atoms with Crippen molar-refractivity contribution in [2.75, 3.05) is 18.9 Å². The summed E-state index contributed by atoms with van der Waals surface area (Å²) in [4.78, 5) is 21.1. The average Bonchev–Trinajstić information content (AvgIpc) is 3.40. The quantitative estimate of drug-likeness (QED) is 0.717. The van der Waals surface area contributed by atoms with Crippen molar-refractivity contribution in [1.82, 2.24) is 9.88 Å². The fourth-order valence-corrected chi connectivity index (χ4v) is 4.90. The van der Waals surface area contributed by atoms with Crippen molar-refractivity contribution in [2.45, 2.75) is 18.9 Å². The minimum atomic E-state index is -0.0605. The number of hydrogen-bond acceptors (Lipinski definition) is 6. The van der Waals surface area contributed by atoms with E-state index in [0.717, 1.165) is 33.9 Å². The van der Waals surface area contributed by atoms with Gasteiger partial charge >= 0.3 is 0 Å². The Kier molecular flexibility index (Phi) is 4.76. The molecule has 3 aromatic rings. The van der Waals surface area contributed by atoms with E-state index >= 15 is 0 Å². The van der Waals surface area contributed by atoms with Crippen LogP contribution in [0.15, 0.2) is 41.8 Å². The van der Waals surface area contributed by atoms with Crippen LogP contribution in [0.1, 0.15) is 23.2 Å². The second-order valence-corrected chi connectivity index (χ2v) is 8.27. The van der Waals surface area contributed by atoms with Gasteiger partial charge in [-0.15, -0.1) is 22.7 Å². The molecule has 1 aliphatic rings. The van der Waals surface area contributed by atoms with Gasteiger partial charge in [-0.25, -0.2) is 4.98 Å². The predicted octanol–water partition coefficient (Wildman–Crippen LogP) is 3.72. The number of aromatic nitrogens is 1. The van der Waals surface area contributed by atoms with Crippen molar-refractivity contribution in [3.05, 3.63) is 47.3 Å². The summed E-state index contributed by atoms with van der Waals surface area (Å²) in [5.41, 5.74) is 8.28. The number of carbonyl (C=O) groups excluding carboxylic acids is 1. The van der Waals surface area contributed by atoms with E-state index in [4.69, 9.17) is 5.73 Å². The molecule has 3 N–H and O–H groups in total. The first kappa shape index (κ1) is 17.2. The molecule has 0 bridgehead atoms. The van der Waals surface area contributed by atoms with Gasteiger partial charge in [0.1, 0.15) is 0 Å². The Morgan fingerprint density at radius 2 is 2.15 bits per heavy atom. The van der Waals surface area contributed by atoms with E-state index in [0.29, 0.717) is 17.2 Å². The molecule has 5 nitrogen and oxygen atoms in total. The van der Waals surface area contributed by atoms with Crippen molar-refractivity contribution >= 4 is 33.7 Å². The summed E-state index contributed by atoms with van der Waals surface area (Å²) < 4.78 is 0. The van der Waals surface area contributed by atoms with Crippen LogP contribution in [0.5, 0.6) is 0 Å². The molecule has 3 heterocycles. The largest absolute Gasteiger partial charge is 0.394 e. The number of carbonyl (C=O) groups is 1. The van der Waals surface area contributed by atoms with E-state index < -0.39 is 0 Å². The van der Waals surface area contributed by atoms with Crippen LogP contribution < -0.4 is 5.73 Å². The number of hydrogen-bond donors (Lipinski definition) is 2. The van der Waals surface area contributed by atoms with Crippen LogP contribution in [0.4, 0.5) is 5.13 Å². The second-order valence-electron chi connectivity index (χ2n) is 6.29. The van der Waals surface area contributed by atoms with Crippen molar-refractivity contribution in [3.63, 3.8) is 0 Å². The molecule has 1 fully saturated rings. The SMILES string of the molecule is Nc1nc(-c2ccc(-c3cccc(C(=O)N4CCC[C@H]4CO)c3)s2)cs1. The number of thiazole rings is 1. The topological polar surface area (TPSA) is 79.5 Å². The fraction of sp³-hybridized carbons (Fsp3) is 0.263. The van der Waals surface area contributed by atoms with Gasteiger partial charge in [-0.3, -0.25) is 4.79 Å². The lowest BCUT2D eigenvalue weighted by molar-refractivity contribution is 0.0677. The summed E-state index contributed by atoms with van der Waals surface area (Å²) in [5.74, 6) is -0.00699. The third kappa shape index (κ3) is 3.25. The van der Waals surface area contributed by atoms with Gasteiger partial charge in [-0.1, -0.05) is 12.1 Å².